The Bertz CT molecular complexity index is 418. The molecule has 14 heavy (non-hydrogen) atoms. The minimum absolute atomic E-state index is 0.999. The molecule has 72 valence electrons. The van der Waals surface area contributed by atoms with E-state index in [-0.39, 0.29) is 0 Å². The molecule has 0 unspecified atom stereocenters. The molecule has 3 nitrogen and oxygen atoms in total. The van der Waals surface area contributed by atoms with Gasteiger partial charge in [0.05, 0.1) is 18.1 Å². The van der Waals surface area contributed by atoms with Gasteiger partial charge < -0.3 is 0 Å². The fourth-order valence-electron chi connectivity index (χ4n) is 1.53. The Morgan fingerprint density at radius 1 is 1.21 bits per heavy atom. The van der Waals surface area contributed by atoms with Gasteiger partial charge in [0, 0.05) is 0 Å². The van der Waals surface area contributed by atoms with Crippen molar-refractivity contribution >= 4 is 0 Å². The second kappa shape index (κ2) is 3.62. The lowest BCUT2D eigenvalue weighted by Crippen LogP contribution is -2.02. The summed E-state index contributed by atoms with van der Waals surface area (Å²) in [5.74, 6) is 0. The van der Waals surface area contributed by atoms with Crippen molar-refractivity contribution in [1.29, 1.82) is 0 Å². The van der Waals surface area contributed by atoms with Crippen LogP contribution in [0.15, 0.2) is 30.6 Å². The third-order valence-corrected chi connectivity index (χ3v) is 2.25. The van der Waals surface area contributed by atoms with Crippen molar-refractivity contribution in [3.8, 4) is 5.69 Å². The van der Waals surface area contributed by atoms with Gasteiger partial charge in [0.15, 0.2) is 0 Å². The van der Waals surface area contributed by atoms with Crippen LogP contribution in [-0.2, 0) is 6.42 Å². The first-order valence-electron chi connectivity index (χ1n) is 4.77. The van der Waals surface area contributed by atoms with E-state index in [9.17, 15) is 0 Å². The summed E-state index contributed by atoms with van der Waals surface area (Å²) in [5.41, 5.74) is 3.63. The monoisotopic (exact) mass is 187 g/mol. The molecular weight excluding hydrogens is 174 g/mol. The summed E-state index contributed by atoms with van der Waals surface area (Å²) >= 11 is 0. The lowest BCUT2D eigenvalue weighted by Gasteiger charge is -2.07. The third kappa shape index (κ3) is 1.53. The molecule has 2 aromatic rings. The molecule has 0 aliphatic rings. The first-order valence-corrected chi connectivity index (χ1v) is 4.77. The predicted octanol–water partition coefficient (Wildman–Crippen LogP) is 2.14. The van der Waals surface area contributed by atoms with E-state index in [1.807, 2.05) is 0 Å². The van der Waals surface area contributed by atoms with E-state index >= 15 is 0 Å². The molecule has 0 amide bonds. The van der Waals surface area contributed by atoms with Crippen molar-refractivity contribution in [2.45, 2.75) is 20.3 Å². The van der Waals surface area contributed by atoms with Gasteiger partial charge in [0.2, 0.25) is 0 Å². The van der Waals surface area contributed by atoms with Gasteiger partial charge in [-0.2, -0.15) is 15.0 Å². The van der Waals surface area contributed by atoms with Gasteiger partial charge in [-0.1, -0.05) is 24.6 Å². The molecule has 0 bridgehead atoms. The Morgan fingerprint density at radius 3 is 2.57 bits per heavy atom. The summed E-state index contributed by atoms with van der Waals surface area (Å²) in [6.45, 7) is 4.24. The first-order chi connectivity index (χ1) is 6.81. The highest BCUT2D eigenvalue weighted by Crippen LogP contribution is 2.15. The molecule has 0 aliphatic carbocycles. The zero-order valence-corrected chi connectivity index (χ0v) is 8.44. The molecular formula is C11H13N3. The molecule has 2 rings (SSSR count). The van der Waals surface area contributed by atoms with E-state index in [0.717, 1.165) is 12.1 Å². The molecule has 0 N–H and O–H groups in total. The van der Waals surface area contributed by atoms with Crippen LogP contribution >= 0.6 is 0 Å². The number of aromatic nitrogens is 3. The highest BCUT2D eigenvalue weighted by Gasteiger charge is 2.03. The molecule has 1 aromatic heterocycles. The number of hydrogen-bond donors (Lipinski definition) is 0. The van der Waals surface area contributed by atoms with E-state index in [4.69, 9.17) is 0 Å². The molecule has 0 fully saturated rings. The minimum atomic E-state index is 0.999. The minimum Gasteiger partial charge on any atom is -0.157 e. The molecule has 0 saturated heterocycles. The maximum Gasteiger partial charge on any atom is 0.0888 e. The zero-order chi connectivity index (χ0) is 9.97. The number of nitrogens with zero attached hydrogens (tertiary/aromatic N) is 3. The van der Waals surface area contributed by atoms with Crippen LogP contribution in [0.5, 0.6) is 0 Å². The van der Waals surface area contributed by atoms with E-state index in [0.29, 0.717) is 0 Å². The highest BCUT2D eigenvalue weighted by molar-refractivity contribution is 5.41. The summed E-state index contributed by atoms with van der Waals surface area (Å²) < 4.78 is 0. The van der Waals surface area contributed by atoms with Crippen molar-refractivity contribution in [3.05, 3.63) is 41.7 Å². The molecule has 0 aliphatic heterocycles. The molecule has 0 spiro atoms. The normalized spacial score (nSPS) is 10.4. The maximum absolute atomic E-state index is 4.13. The fourth-order valence-corrected chi connectivity index (χ4v) is 1.53. The number of rotatable bonds is 2. The summed E-state index contributed by atoms with van der Waals surface area (Å²) in [6.07, 6.45) is 4.39. The Labute approximate surface area is 83.4 Å². The van der Waals surface area contributed by atoms with Gasteiger partial charge in [0.1, 0.15) is 0 Å². The third-order valence-electron chi connectivity index (χ3n) is 2.25. The van der Waals surface area contributed by atoms with Crippen molar-refractivity contribution in [2.75, 3.05) is 0 Å². The van der Waals surface area contributed by atoms with Crippen molar-refractivity contribution in [3.63, 3.8) is 0 Å². The van der Waals surface area contributed by atoms with Crippen LogP contribution in [0.1, 0.15) is 18.1 Å². The predicted molar refractivity (Wildman–Crippen MR) is 55.5 cm³/mol. The van der Waals surface area contributed by atoms with Crippen LogP contribution in [0.25, 0.3) is 5.69 Å². The van der Waals surface area contributed by atoms with Gasteiger partial charge in [-0.25, -0.2) is 0 Å². The molecule has 3 heteroatoms. The Hall–Kier alpha value is -1.64. The Morgan fingerprint density at radius 2 is 1.93 bits per heavy atom. The van der Waals surface area contributed by atoms with Crippen LogP contribution in [-0.4, -0.2) is 15.0 Å². The van der Waals surface area contributed by atoms with Crippen molar-refractivity contribution < 1.29 is 0 Å². The van der Waals surface area contributed by atoms with E-state index < -0.39 is 0 Å². The topological polar surface area (TPSA) is 30.7 Å². The summed E-state index contributed by atoms with van der Waals surface area (Å²) in [7, 11) is 0. The first kappa shape index (κ1) is 8.94. The molecule has 1 aromatic carbocycles. The van der Waals surface area contributed by atoms with Crippen LogP contribution in [0.3, 0.4) is 0 Å². The molecule has 0 saturated carbocycles. The maximum atomic E-state index is 4.13. The molecule has 0 atom stereocenters. The van der Waals surface area contributed by atoms with Gasteiger partial charge in [-0.05, 0) is 25.0 Å². The van der Waals surface area contributed by atoms with Gasteiger partial charge >= 0.3 is 0 Å². The van der Waals surface area contributed by atoms with Crippen molar-refractivity contribution in [1.82, 2.24) is 15.0 Å². The smallest absolute Gasteiger partial charge is 0.0888 e. The standard InChI is InChI=1S/C11H13N3/c1-3-10-8-9(2)4-5-11(10)14-12-6-7-13-14/h4-8H,3H2,1-2H3. The van der Waals surface area contributed by atoms with E-state index in [2.05, 4.69) is 42.2 Å². The van der Waals surface area contributed by atoms with Crippen LogP contribution < -0.4 is 0 Å². The number of hydrogen-bond acceptors (Lipinski definition) is 2. The quantitative estimate of drug-likeness (QED) is 0.721. The Kier molecular flexibility index (Phi) is 2.31. The largest absolute Gasteiger partial charge is 0.157 e. The van der Waals surface area contributed by atoms with E-state index in [1.54, 1.807) is 17.2 Å². The highest BCUT2D eigenvalue weighted by atomic mass is 15.5. The number of benzene rings is 1. The summed E-state index contributed by atoms with van der Waals surface area (Å²) in [6, 6.07) is 6.32. The lowest BCUT2D eigenvalue weighted by atomic mass is 10.1. The van der Waals surface area contributed by atoms with Gasteiger partial charge in [-0.3, -0.25) is 0 Å². The average Bonchev–Trinajstić information content (AvgIpc) is 2.70. The lowest BCUT2D eigenvalue weighted by molar-refractivity contribution is 0.742. The number of aryl methyl sites for hydroxylation is 2. The molecule has 1 heterocycles. The van der Waals surface area contributed by atoms with Gasteiger partial charge in [-0.15, -0.1) is 0 Å². The van der Waals surface area contributed by atoms with Gasteiger partial charge in [0.25, 0.3) is 0 Å². The van der Waals surface area contributed by atoms with Crippen LogP contribution in [0, 0.1) is 6.92 Å². The zero-order valence-electron chi connectivity index (χ0n) is 8.44. The van der Waals surface area contributed by atoms with Crippen LogP contribution in [0.2, 0.25) is 0 Å². The Balaban J connectivity index is 2.53. The fraction of sp³-hybridized carbons (Fsp3) is 0.273. The second-order valence-corrected chi connectivity index (χ2v) is 3.30. The SMILES string of the molecule is CCc1cc(C)ccc1-n1nccn1. The average molecular weight is 187 g/mol. The van der Waals surface area contributed by atoms with Crippen LogP contribution in [0.4, 0.5) is 0 Å². The van der Waals surface area contributed by atoms with Crippen molar-refractivity contribution in [2.24, 2.45) is 0 Å². The molecule has 0 radical (unpaired) electrons. The summed E-state index contributed by atoms with van der Waals surface area (Å²) in [4.78, 5) is 1.66. The van der Waals surface area contributed by atoms with E-state index in [1.165, 1.54) is 11.1 Å². The summed E-state index contributed by atoms with van der Waals surface area (Å²) in [5, 5.41) is 8.26. The second-order valence-electron chi connectivity index (χ2n) is 3.30.